The summed E-state index contributed by atoms with van der Waals surface area (Å²) >= 11 is 0. The number of amides is 1. The van der Waals surface area contributed by atoms with Crippen molar-refractivity contribution in [3.05, 3.63) is 28.7 Å². The summed E-state index contributed by atoms with van der Waals surface area (Å²) in [7, 11) is 1.42. The fourth-order valence-corrected chi connectivity index (χ4v) is 0.637. The Labute approximate surface area is 68.4 Å². The van der Waals surface area contributed by atoms with Gasteiger partial charge in [-0.15, -0.1) is 0 Å². The molecule has 5 heteroatoms. The van der Waals surface area contributed by atoms with Crippen molar-refractivity contribution in [2.75, 3.05) is 7.05 Å². The average molecular weight is 168 g/mol. The number of carbonyl (C=O) groups is 1. The maximum absolute atomic E-state index is 10.9. The maximum Gasteiger partial charge on any atom is 0.412 e. The Morgan fingerprint density at radius 1 is 1.67 bits per heavy atom. The monoisotopic (exact) mass is 168 g/mol. The fraction of sp³-hybridized carbons (Fsp3) is 0.143. The summed E-state index contributed by atoms with van der Waals surface area (Å²) < 4.78 is 4.60. The van der Waals surface area contributed by atoms with Crippen molar-refractivity contribution in [3.8, 4) is 5.75 Å². The van der Waals surface area contributed by atoms with E-state index in [1.165, 1.54) is 19.3 Å². The molecule has 1 rings (SSSR count). The Balaban J connectivity index is 2.83. The zero-order valence-corrected chi connectivity index (χ0v) is 6.46. The lowest BCUT2D eigenvalue weighted by Gasteiger charge is -1.99. The van der Waals surface area contributed by atoms with Crippen molar-refractivity contribution in [2.45, 2.75) is 0 Å². The van der Waals surface area contributed by atoms with Crippen molar-refractivity contribution in [1.82, 2.24) is 10.3 Å². The van der Waals surface area contributed by atoms with Crippen LogP contribution in [0.25, 0.3) is 0 Å². The van der Waals surface area contributed by atoms with E-state index in [0.29, 0.717) is 0 Å². The average Bonchev–Trinajstić information content (AvgIpc) is 2.09. The highest BCUT2D eigenvalue weighted by Gasteiger charge is 2.03. The van der Waals surface area contributed by atoms with Crippen LogP contribution in [0, 0.1) is 0 Å². The van der Waals surface area contributed by atoms with Crippen molar-refractivity contribution in [1.29, 1.82) is 0 Å². The summed E-state index contributed by atoms with van der Waals surface area (Å²) in [6.07, 6.45) is 0.797. The van der Waals surface area contributed by atoms with E-state index in [1.807, 2.05) is 0 Å². The molecule has 0 fully saturated rings. The summed E-state index contributed by atoms with van der Waals surface area (Å²) in [6, 6.07) is 2.98. The Bertz CT molecular complexity index is 331. The lowest BCUT2D eigenvalue weighted by Crippen LogP contribution is -2.25. The quantitative estimate of drug-likeness (QED) is 0.624. The summed E-state index contributed by atoms with van der Waals surface area (Å²) in [5.41, 5.74) is -0.430. The number of hydrogen-bond donors (Lipinski definition) is 2. The van der Waals surface area contributed by atoms with Crippen molar-refractivity contribution in [2.24, 2.45) is 0 Å². The lowest BCUT2D eigenvalue weighted by atomic mass is 10.5. The van der Waals surface area contributed by atoms with Crippen LogP contribution >= 0.6 is 0 Å². The first-order valence-electron chi connectivity index (χ1n) is 3.31. The SMILES string of the molecule is CNC(=O)Oc1ccc[nH]c1=O. The number of rotatable bonds is 1. The number of hydrogen-bond acceptors (Lipinski definition) is 3. The number of H-pyrrole nitrogens is 1. The van der Waals surface area contributed by atoms with Crippen molar-refractivity contribution in [3.63, 3.8) is 0 Å². The summed E-state index contributed by atoms with van der Waals surface area (Å²) in [5.74, 6) is -0.0168. The summed E-state index contributed by atoms with van der Waals surface area (Å²) in [4.78, 5) is 23.9. The molecule has 12 heavy (non-hydrogen) atoms. The van der Waals surface area contributed by atoms with Gasteiger partial charge >= 0.3 is 6.09 Å². The predicted molar refractivity (Wildman–Crippen MR) is 42.1 cm³/mol. The second kappa shape index (κ2) is 3.56. The van der Waals surface area contributed by atoms with Gasteiger partial charge in [0, 0.05) is 13.2 Å². The molecule has 0 atom stereocenters. The first kappa shape index (κ1) is 8.32. The number of pyridine rings is 1. The molecule has 1 aromatic rings. The molecule has 0 saturated carbocycles. The molecular weight excluding hydrogens is 160 g/mol. The molecule has 1 heterocycles. The van der Waals surface area contributed by atoms with Crippen LogP contribution < -0.4 is 15.6 Å². The van der Waals surface area contributed by atoms with Gasteiger partial charge in [0.2, 0.25) is 0 Å². The van der Waals surface area contributed by atoms with Gasteiger partial charge in [0.05, 0.1) is 0 Å². The van der Waals surface area contributed by atoms with E-state index in [2.05, 4.69) is 15.0 Å². The Morgan fingerprint density at radius 3 is 3.00 bits per heavy atom. The second-order valence-electron chi connectivity index (χ2n) is 2.00. The van der Waals surface area contributed by atoms with Gasteiger partial charge in [-0.1, -0.05) is 0 Å². The number of aromatic amines is 1. The van der Waals surface area contributed by atoms with E-state index in [9.17, 15) is 9.59 Å². The first-order valence-corrected chi connectivity index (χ1v) is 3.31. The molecule has 0 aliphatic heterocycles. The zero-order valence-electron chi connectivity index (χ0n) is 6.46. The smallest absolute Gasteiger partial charge is 0.404 e. The molecule has 0 aliphatic rings. The maximum atomic E-state index is 10.9. The van der Waals surface area contributed by atoms with E-state index >= 15 is 0 Å². The van der Waals surface area contributed by atoms with Crippen LogP contribution in [0.5, 0.6) is 5.75 Å². The van der Waals surface area contributed by atoms with Crippen LogP contribution in [-0.4, -0.2) is 18.1 Å². The van der Waals surface area contributed by atoms with Gasteiger partial charge in [0.25, 0.3) is 5.56 Å². The fourth-order valence-electron chi connectivity index (χ4n) is 0.637. The van der Waals surface area contributed by atoms with Crippen LogP contribution in [0.15, 0.2) is 23.1 Å². The zero-order chi connectivity index (χ0) is 8.97. The highest BCUT2D eigenvalue weighted by Crippen LogP contribution is 1.98. The van der Waals surface area contributed by atoms with Gasteiger partial charge in [-0.2, -0.15) is 0 Å². The molecule has 0 radical (unpaired) electrons. The minimum absolute atomic E-state index is 0.0168. The third kappa shape index (κ3) is 1.85. The molecule has 2 N–H and O–H groups in total. The third-order valence-electron chi connectivity index (χ3n) is 1.19. The van der Waals surface area contributed by atoms with E-state index < -0.39 is 11.7 Å². The molecule has 5 nitrogen and oxygen atoms in total. The number of nitrogens with one attached hydrogen (secondary N) is 2. The largest absolute Gasteiger partial charge is 0.412 e. The minimum Gasteiger partial charge on any atom is -0.404 e. The van der Waals surface area contributed by atoms with Crippen molar-refractivity contribution >= 4 is 6.09 Å². The lowest BCUT2D eigenvalue weighted by molar-refractivity contribution is 0.202. The van der Waals surface area contributed by atoms with Crippen LogP contribution in [0.2, 0.25) is 0 Å². The molecule has 0 spiro atoms. The number of carbonyl (C=O) groups excluding carboxylic acids is 1. The van der Waals surface area contributed by atoms with Gasteiger partial charge in [-0.3, -0.25) is 4.79 Å². The van der Waals surface area contributed by atoms with Crippen molar-refractivity contribution < 1.29 is 9.53 Å². The molecule has 0 aliphatic carbocycles. The van der Waals surface area contributed by atoms with Crippen LogP contribution in [0.1, 0.15) is 0 Å². The molecule has 1 amide bonds. The molecule has 64 valence electrons. The number of aromatic nitrogens is 1. The van der Waals surface area contributed by atoms with Gasteiger partial charge < -0.3 is 15.0 Å². The van der Waals surface area contributed by atoms with E-state index in [0.717, 1.165) is 0 Å². The Kier molecular flexibility index (Phi) is 2.47. The highest BCUT2D eigenvalue weighted by atomic mass is 16.6. The van der Waals surface area contributed by atoms with E-state index in [4.69, 9.17) is 0 Å². The molecule has 0 unspecified atom stereocenters. The van der Waals surface area contributed by atoms with Gasteiger partial charge in [0.1, 0.15) is 0 Å². The van der Waals surface area contributed by atoms with Crippen LogP contribution in [-0.2, 0) is 0 Å². The predicted octanol–water partition coefficient (Wildman–Crippen LogP) is 0.0931. The normalized spacial score (nSPS) is 9.08. The topological polar surface area (TPSA) is 71.2 Å². The standard InChI is InChI=1S/C7H8N2O3/c1-8-7(11)12-5-3-2-4-9-6(5)10/h2-4H,1H3,(H,8,11)(H,9,10). The highest BCUT2D eigenvalue weighted by molar-refractivity contribution is 5.69. The molecular formula is C7H8N2O3. The molecule has 0 bridgehead atoms. The van der Waals surface area contributed by atoms with E-state index in [1.54, 1.807) is 6.07 Å². The second-order valence-corrected chi connectivity index (χ2v) is 2.00. The third-order valence-corrected chi connectivity index (χ3v) is 1.19. The molecule has 1 aromatic heterocycles. The Morgan fingerprint density at radius 2 is 2.42 bits per heavy atom. The van der Waals surface area contributed by atoms with E-state index in [-0.39, 0.29) is 5.75 Å². The molecule has 0 saturated heterocycles. The van der Waals surface area contributed by atoms with Gasteiger partial charge in [-0.05, 0) is 12.1 Å². The Hall–Kier alpha value is -1.78. The summed E-state index contributed by atoms with van der Waals surface area (Å²) in [6.45, 7) is 0. The minimum atomic E-state index is -0.660. The summed E-state index contributed by atoms with van der Waals surface area (Å²) in [5, 5.41) is 2.23. The van der Waals surface area contributed by atoms with Gasteiger partial charge in [-0.25, -0.2) is 4.79 Å². The van der Waals surface area contributed by atoms with Crippen LogP contribution in [0.4, 0.5) is 4.79 Å². The van der Waals surface area contributed by atoms with Gasteiger partial charge in [0.15, 0.2) is 5.75 Å². The molecule has 0 aromatic carbocycles. The first-order chi connectivity index (χ1) is 5.74. The number of ether oxygens (including phenoxy) is 1. The van der Waals surface area contributed by atoms with Crippen LogP contribution in [0.3, 0.4) is 0 Å².